The molecule has 0 aromatic heterocycles. The van der Waals surface area contributed by atoms with Gasteiger partial charge in [-0.1, -0.05) is 26.5 Å². The predicted molar refractivity (Wildman–Crippen MR) is 85.0 cm³/mol. The fourth-order valence-corrected chi connectivity index (χ4v) is 1.26. The van der Waals surface area contributed by atoms with E-state index in [9.17, 15) is 10.1 Å². The molecule has 0 spiro atoms. The van der Waals surface area contributed by atoms with Gasteiger partial charge in [0.05, 0.1) is 16.3 Å². The van der Waals surface area contributed by atoms with Crippen LogP contribution in [0.2, 0.25) is 0 Å². The molecule has 1 rings (SSSR count). The Bertz CT molecular complexity index is 490. The van der Waals surface area contributed by atoms with E-state index in [1.165, 1.54) is 12.1 Å². The molecule has 1 aromatic rings. The van der Waals surface area contributed by atoms with Crippen molar-refractivity contribution in [3.8, 4) is 0 Å². The van der Waals surface area contributed by atoms with E-state index >= 15 is 0 Å². The lowest BCUT2D eigenvalue weighted by molar-refractivity contribution is -0.384. The lowest BCUT2D eigenvalue weighted by Gasteiger charge is -2.14. The van der Waals surface area contributed by atoms with E-state index < -0.39 is 4.92 Å². The Hall–Kier alpha value is -2.43. The van der Waals surface area contributed by atoms with Crippen LogP contribution in [0.4, 0.5) is 11.4 Å². The van der Waals surface area contributed by atoms with E-state index in [0.717, 1.165) is 11.4 Å². The summed E-state index contributed by atoms with van der Waals surface area (Å²) in [6, 6.07) is 6.20. The average molecular weight is 275 g/mol. The Morgan fingerprint density at radius 1 is 1.35 bits per heavy atom. The smallest absolute Gasteiger partial charge is 0.258 e. The van der Waals surface area contributed by atoms with Gasteiger partial charge in [0.25, 0.3) is 5.69 Å². The Morgan fingerprint density at radius 3 is 2.30 bits per heavy atom. The normalized spacial score (nSPS) is 10.7. The van der Waals surface area contributed by atoms with Gasteiger partial charge in [-0.15, -0.1) is 0 Å². The van der Waals surface area contributed by atoms with E-state index in [-0.39, 0.29) is 5.69 Å². The van der Waals surface area contributed by atoms with Crippen molar-refractivity contribution in [3.05, 3.63) is 59.3 Å². The zero-order valence-electron chi connectivity index (χ0n) is 12.4. The van der Waals surface area contributed by atoms with Crippen LogP contribution in [0.15, 0.2) is 54.3 Å². The van der Waals surface area contributed by atoms with Gasteiger partial charge in [0.2, 0.25) is 0 Å². The molecule has 5 nitrogen and oxygen atoms in total. The van der Waals surface area contributed by atoms with Crippen LogP contribution >= 0.6 is 0 Å². The molecule has 0 bridgehead atoms. The van der Waals surface area contributed by atoms with Gasteiger partial charge in [-0.05, 0) is 32.1 Å². The maximum absolute atomic E-state index is 10.6. The van der Waals surface area contributed by atoms with Gasteiger partial charge >= 0.3 is 0 Å². The summed E-state index contributed by atoms with van der Waals surface area (Å²) in [5.41, 5.74) is 1.56. The second kappa shape index (κ2) is 9.49. The summed E-state index contributed by atoms with van der Waals surface area (Å²) in [5, 5.41) is 16.5. The first-order valence-electron chi connectivity index (χ1n) is 6.42. The van der Waals surface area contributed by atoms with Crippen molar-refractivity contribution in [1.82, 2.24) is 0 Å². The molecule has 0 saturated carbocycles. The lowest BCUT2D eigenvalue weighted by atomic mass is 10.3. The summed E-state index contributed by atoms with van der Waals surface area (Å²) < 4.78 is 0. The molecule has 0 saturated heterocycles. The second-order valence-corrected chi connectivity index (χ2v) is 3.55. The van der Waals surface area contributed by atoms with Gasteiger partial charge in [-0.3, -0.25) is 10.1 Å². The Morgan fingerprint density at radius 2 is 1.90 bits per heavy atom. The number of nitrogens with zero attached hydrogens (tertiary/aromatic N) is 3. The van der Waals surface area contributed by atoms with Crippen LogP contribution in [0.3, 0.4) is 0 Å². The molecule has 0 unspecified atom stereocenters. The van der Waals surface area contributed by atoms with Crippen LogP contribution in [0.1, 0.15) is 27.7 Å². The first-order chi connectivity index (χ1) is 9.58. The zero-order valence-corrected chi connectivity index (χ0v) is 12.4. The van der Waals surface area contributed by atoms with E-state index in [4.69, 9.17) is 0 Å². The number of hydrogen-bond donors (Lipinski definition) is 0. The maximum atomic E-state index is 10.6. The molecule has 0 heterocycles. The molecule has 5 heteroatoms. The van der Waals surface area contributed by atoms with Crippen LogP contribution in [0, 0.1) is 10.1 Å². The van der Waals surface area contributed by atoms with E-state index in [1.807, 2.05) is 33.8 Å². The minimum absolute atomic E-state index is 0.0589. The van der Waals surface area contributed by atoms with Gasteiger partial charge in [0.15, 0.2) is 0 Å². The zero-order chi connectivity index (χ0) is 15.5. The van der Waals surface area contributed by atoms with Crippen molar-refractivity contribution in [2.24, 2.45) is 5.10 Å². The lowest BCUT2D eigenvalue weighted by Crippen LogP contribution is -2.09. The van der Waals surface area contributed by atoms with E-state index in [1.54, 1.807) is 29.4 Å². The molecule has 0 N–H and O–H groups in total. The van der Waals surface area contributed by atoms with Gasteiger partial charge in [0.1, 0.15) is 0 Å². The Balaban J connectivity index is 0.00000172. The Kier molecular flexibility index (Phi) is 8.34. The number of hydrazone groups is 1. The van der Waals surface area contributed by atoms with Crippen LogP contribution in [-0.2, 0) is 0 Å². The third-order valence-corrected chi connectivity index (χ3v) is 2.18. The standard InChI is InChI=1S/C13H15N3O2.C2H6/c1-4-10-15(14-11(3)5-2)12-6-8-13(9-7-12)16(17)18;1-2/h4-10H,2H2,1,3H3;1-2H3/b10-4-,14-11+;. The number of nitro benzene ring substituents is 1. The van der Waals surface area contributed by atoms with Gasteiger partial charge in [0, 0.05) is 18.3 Å². The highest BCUT2D eigenvalue weighted by Crippen LogP contribution is 2.20. The summed E-state index contributed by atoms with van der Waals surface area (Å²) in [5.74, 6) is 0. The third kappa shape index (κ3) is 5.48. The van der Waals surface area contributed by atoms with Gasteiger partial charge < -0.3 is 0 Å². The number of anilines is 1. The van der Waals surface area contributed by atoms with Crippen molar-refractivity contribution in [2.45, 2.75) is 27.7 Å². The van der Waals surface area contributed by atoms with E-state index in [0.29, 0.717) is 0 Å². The summed E-state index contributed by atoms with van der Waals surface area (Å²) in [6.07, 6.45) is 5.25. The number of non-ortho nitro benzene ring substituents is 1. The third-order valence-electron chi connectivity index (χ3n) is 2.18. The summed E-state index contributed by atoms with van der Waals surface area (Å²) in [4.78, 5) is 10.1. The first kappa shape index (κ1) is 17.6. The number of hydrogen-bond acceptors (Lipinski definition) is 4. The number of allylic oxidation sites excluding steroid dienone is 2. The average Bonchev–Trinajstić information content (AvgIpc) is 2.48. The maximum Gasteiger partial charge on any atom is 0.269 e. The van der Waals surface area contributed by atoms with Crippen molar-refractivity contribution in [3.63, 3.8) is 0 Å². The molecule has 0 aliphatic heterocycles. The van der Waals surface area contributed by atoms with Crippen molar-refractivity contribution in [1.29, 1.82) is 0 Å². The summed E-state index contributed by atoms with van der Waals surface area (Å²) >= 11 is 0. The molecule has 0 aliphatic rings. The molecule has 0 fully saturated rings. The second-order valence-electron chi connectivity index (χ2n) is 3.55. The largest absolute Gasteiger partial charge is 0.269 e. The fourth-order valence-electron chi connectivity index (χ4n) is 1.26. The van der Waals surface area contributed by atoms with Gasteiger partial charge in [-0.2, -0.15) is 5.10 Å². The minimum Gasteiger partial charge on any atom is -0.258 e. The van der Waals surface area contributed by atoms with Gasteiger partial charge in [-0.25, -0.2) is 5.01 Å². The fraction of sp³-hybridized carbons (Fsp3) is 0.267. The SMILES string of the molecule is C=C/C(C)=N/N(/C=C\C)c1ccc([N+](=O)[O-])cc1.CC. The van der Waals surface area contributed by atoms with Crippen LogP contribution in [-0.4, -0.2) is 10.6 Å². The molecular weight excluding hydrogens is 254 g/mol. The molecule has 1 aromatic carbocycles. The van der Waals surface area contributed by atoms with Crippen LogP contribution < -0.4 is 5.01 Å². The first-order valence-corrected chi connectivity index (χ1v) is 6.42. The minimum atomic E-state index is -0.429. The predicted octanol–water partition coefficient (Wildman–Crippen LogP) is 4.52. The molecule has 0 amide bonds. The number of rotatable bonds is 5. The van der Waals surface area contributed by atoms with Crippen LogP contribution in [0.25, 0.3) is 0 Å². The highest BCUT2D eigenvalue weighted by atomic mass is 16.6. The molecule has 108 valence electrons. The topological polar surface area (TPSA) is 58.7 Å². The highest BCUT2D eigenvalue weighted by molar-refractivity contribution is 5.93. The molecule has 0 radical (unpaired) electrons. The van der Waals surface area contributed by atoms with Crippen molar-refractivity contribution < 1.29 is 4.92 Å². The van der Waals surface area contributed by atoms with E-state index in [2.05, 4.69) is 11.7 Å². The summed E-state index contributed by atoms with van der Waals surface area (Å²) in [7, 11) is 0. The summed E-state index contributed by atoms with van der Waals surface area (Å²) in [6.45, 7) is 11.3. The number of nitro groups is 1. The Labute approximate surface area is 120 Å². The highest BCUT2D eigenvalue weighted by Gasteiger charge is 2.06. The monoisotopic (exact) mass is 275 g/mol. The number of benzene rings is 1. The molecule has 20 heavy (non-hydrogen) atoms. The quantitative estimate of drug-likeness (QED) is 0.451. The van der Waals surface area contributed by atoms with Crippen molar-refractivity contribution >= 4 is 17.1 Å². The molecule has 0 atom stereocenters. The van der Waals surface area contributed by atoms with Crippen molar-refractivity contribution in [2.75, 3.05) is 5.01 Å². The molecule has 0 aliphatic carbocycles. The van der Waals surface area contributed by atoms with Crippen LogP contribution in [0.5, 0.6) is 0 Å². The molecular formula is C15H21N3O2.